The van der Waals surface area contributed by atoms with Crippen molar-refractivity contribution in [1.29, 1.82) is 0 Å². The normalized spacial score (nSPS) is 21.6. The molecule has 4 aromatic carbocycles. The Labute approximate surface area is 243 Å². The van der Waals surface area contributed by atoms with E-state index in [1.807, 2.05) is 0 Å². The molecule has 4 aromatic rings. The second-order valence-corrected chi connectivity index (χ2v) is 13.1. The van der Waals surface area contributed by atoms with Crippen LogP contribution < -0.4 is 0 Å². The van der Waals surface area contributed by atoms with Crippen LogP contribution in [0.4, 0.5) is 0 Å². The standard InChI is InChI=1S/C37H40O4/c1-35(2,29-19-21-36(23-29,25-3-11-31(38)12-4-25)26-5-13-32(39)14-6-26)30-20-22-37(24-30,27-7-15-33(40)16-8-27)28-9-17-34(41)18-10-28/h3-18,29-30,38-41H,19-24H2,1-2H3. The molecule has 4 heteroatoms. The smallest absolute Gasteiger partial charge is 0.115 e. The van der Waals surface area contributed by atoms with Gasteiger partial charge < -0.3 is 20.4 Å². The Bertz CT molecular complexity index is 1280. The van der Waals surface area contributed by atoms with Gasteiger partial charge in [-0.05, 0) is 127 Å². The predicted octanol–water partition coefficient (Wildman–Crippen LogP) is 8.41. The topological polar surface area (TPSA) is 80.9 Å². The summed E-state index contributed by atoms with van der Waals surface area (Å²) in [6, 6.07) is 30.8. The summed E-state index contributed by atoms with van der Waals surface area (Å²) in [7, 11) is 0. The van der Waals surface area contributed by atoms with Crippen molar-refractivity contribution in [2.24, 2.45) is 17.3 Å². The molecule has 0 aromatic heterocycles. The number of benzene rings is 4. The fraction of sp³-hybridized carbons (Fsp3) is 0.351. The van der Waals surface area contributed by atoms with Crippen molar-refractivity contribution in [1.82, 2.24) is 0 Å². The molecule has 0 aliphatic heterocycles. The highest BCUT2D eigenvalue weighted by Crippen LogP contribution is 2.61. The first-order valence-corrected chi connectivity index (χ1v) is 14.8. The van der Waals surface area contributed by atoms with Gasteiger partial charge in [0.15, 0.2) is 0 Å². The monoisotopic (exact) mass is 548 g/mol. The van der Waals surface area contributed by atoms with Crippen LogP contribution in [-0.4, -0.2) is 20.4 Å². The third kappa shape index (κ3) is 4.73. The molecule has 2 atom stereocenters. The lowest BCUT2D eigenvalue weighted by molar-refractivity contribution is 0.113. The van der Waals surface area contributed by atoms with Gasteiger partial charge in [-0.2, -0.15) is 0 Å². The Balaban J connectivity index is 1.34. The summed E-state index contributed by atoms with van der Waals surface area (Å²) in [6.45, 7) is 4.91. The fourth-order valence-electron chi connectivity index (χ4n) is 8.20. The third-order valence-electron chi connectivity index (χ3n) is 10.8. The Morgan fingerprint density at radius 2 is 0.707 bits per heavy atom. The lowest BCUT2D eigenvalue weighted by atomic mass is 9.63. The molecule has 41 heavy (non-hydrogen) atoms. The van der Waals surface area contributed by atoms with Crippen LogP contribution in [0.5, 0.6) is 23.0 Å². The summed E-state index contributed by atoms with van der Waals surface area (Å²) < 4.78 is 0. The SMILES string of the molecule is CC(C)(C1CCC(c2ccc(O)cc2)(c2ccc(O)cc2)C1)C1CCC(c2ccc(O)cc2)(c2ccc(O)cc2)C1. The third-order valence-corrected chi connectivity index (χ3v) is 10.8. The largest absolute Gasteiger partial charge is 0.508 e. The van der Waals surface area contributed by atoms with Crippen LogP contribution in [0.3, 0.4) is 0 Å². The molecular formula is C37H40O4. The summed E-state index contributed by atoms with van der Waals surface area (Å²) >= 11 is 0. The number of phenolic OH excluding ortho intramolecular Hbond substituents is 4. The lowest BCUT2D eigenvalue weighted by Gasteiger charge is -2.41. The molecule has 0 radical (unpaired) electrons. The number of phenols is 4. The van der Waals surface area contributed by atoms with Gasteiger partial charge in [0.25, 0.3) is 0 Å². The average Bonchev–Trinajstić information content (AvgIpc) is 3.63. The molecule has 0 bridgehead atoms. The van der Waals surface area contributed by atoms with Gasteiger partial charge in [0.05, 0.1) is 0 Å². The van der Waals surface area contributed by atoms with E-state index in [9.17, 15) is 20.4 Å². The Morgan fingerprint density at radius 1 is 0.463 bits per heavy atom. The van der Waals surface area contributed by atoms with E-state index in [1.54, 1.807) is 48.5 Å². The molecule has 2 aliphatic rings. The molecule has 0 amide bonds. The second kappa shape index (κ2) is 10.2. The molecule has 0 heterocycles. The Morgan fingerprint density at radius 3 is 0.951 bits per heavy atom. The van der Waals surface area contributed by atoms with Crippen molar-refractivity contribution >= 4 is 0 Å². The fourth-order valence-corrected chi connectivity index (χ4v) is 8.20. The highest BCUT2D eigenvalue weighted by molar-refractivity contribution is 5.46. The van der Waals surface area contributed by atoms with Crippen LogP contribution in [0, 0.1) is 17.3 Å². The van der Waals surface area contributed by atoms with Crippen molar-refractivity contribution in [3.63, 3.8) is 0 Å². The molecule has 212 valence electrons. The molecule has 0 saturated heterocycles. The number of hydrogen-bond acceptors (Lipinski definition) is 4. The zero-order valence-corrected chi connectivity index (χ0v) is 23.9. The lowest BCUT2D eigenvalue weighted by Crippen LogP contribution is -2.34. The quantitative estimate of drug-likeness (QED) is 0.195. The zero-order valence-electron chi connectivity index (χ0n) is 23.9. The summed E-state index contributed by atoms with van der Waals surface area (Å²) in [5, 5.41) is 40.1. The van der Waals surface area contributed by atoms with Crippen molar-refractivity contribution in [2.45, 2.75) is 63.2 Å². The minimum atomic E-state index is -0.174. The van der Waals surface area contributed by atoms with Crippen molar-refractivity contribution in [3.05, 3.63) is 119 Å². The van der Waals surface area contributed by atoms with Crippen LogP contribution in [0.25, 0.3) is 0 Å². The van der Waals surface area contributed by atoms with Crippen LogP contribution in [-0.2, 0) is 10.8 Å². The molecule has 4 nitrogen and oxygen atoms in total. The molecule has 2 aliphatic carbocycles. The van der Waals surface area contributed by atoms with Crippen LogP contribution in [0.1, 0.15) is 74.6 Å². The molecule has 4 N–H and O–H groups in total. The first-order chi connectivity index (χ1) is 19.6. The van der Waals surface area contributed by atoms with Gasteiger partial charge in [0, 0.05) is 10.8 Å². The number of aromatic hydroxyl groups is 4. The van der Waals surface area contributed by atoms with Crippen molar-refractivity contribution < 1.29 is 20.4 Å². The van der Waals surface area contributed by atoms with E-state index in [1.165, 1.54) is 22.3 Å². The van der Waals surface area contributed by atoms with E-state index in [0.29, 0.717) is 11.8 Å². The average molecular weight is 549 g/mol. The van der Waals surface area contributed by atoms with Gasteiger partial charge in [-0.1, -0.05) is 62.4 Å². The second-order valence-electron chi connectivity index (χ2n) is 13.1. The number of rotatable bonds is 6. The highest BCUT2D eigenvalue weighted by atomic mass is 16.3. The highest BCUT2D eigenvalue weighted by Gasteiger charge is 2.53. The maximum Gasteiger partial charge on any atom is 0.115 e. The molecule has 2 unspecified atom stereocenters. The van der Waals surface area contributed by atoms with E-state index < -0.39 is 0 Å². The van der Waals surface area contributed by atoms with Gasteiger partial charge in [-0.15, -0.1) is 0 Å². The van der Waals surface area contributed by atoms with E-state index in [2.05, 4.69) is 62.4 Å². The van der Waals surface area contributed by atoms with Crippen LogP contribution in [0.15, 0.2) is 97.1 Å². The molecule has 0 spiro atoms. The number of hydrogen-bond donors (Lipinski definition) is 4. The van der Waals surface area contributed by atoms with Gasteiger partial charge in [0.2, 0.25) is 0 Å². The molecule has 2 saturated carbocycles. The van der Waals surface area contributed by atoms with Crippen LogP contribution in [0.2, 0.25) is 0 Å². The zero-order chi connectivity index (χ0) is 28.8. The van der Waals surface area contributed by atoms with Gasteiger partial charge in [0.1, 0.15) is 23.0 Å². The van der Waals surface area contributed by atoms with Crippen molar-refractivity contribution in [2.75, 3.05) is 0 Å². The Hall–Kier alpha value is -3.92. The minimum absolute atomic E-state index is 0.0746. The van der Waals surface area contributed by atoms with E-state index in [4.69, 9.17) is 0 Å². The summed E-state index contributed by atoms with van der Waals surface area (Å²) in [5.41, 5.74) is 4.59. The summed E-state index contributed by atoms with van der Waals surface area (Å²) in [6.07, 6.45) is 6.27. The molecular weight excluding hydrogens is 508 g/mol. The van der Waals surface area contributed by atoms with Gasteiger partial charge in [-0.25, -0.2) is 0 Å². The summed E-state index contributed by atoms with van der Waals surface area (Å²) in [5.74, 6) is 2.08. The minimum Gasteiger partial charge on any atom is -0.508 e. The maximum absolute atomic E-state index is 10.0. The van der Waals surface area contributed by atoms with E-state index >= 15 is 0 Å². The maximum atomic E-state index is 10.0. The molecule has 2 fully saturated rings. The molecule has 6 rings (SSSR count). The van der Waals surface area contributed by atoms with Crippen LogP contribution >= 0.6 is 0 Å². The summed E-state index contributed by atoms with van der Waals surface area (Å²) in [4.78, 5) is 0. The Kier molecular flexibility index (Phi) is 6.76. The van der Waals surface area contributed by atoms with Crippen molar-refractivity contribution in [3.8, 4) is 23.0 Å². The van der Waals surface area contributed by atoms with Gasteiger partial charge >= 0.3 is 0 Å². The van der Waals surface area contributed by atoms with Gasteiger partial charge in [-0.3, -0.25) is 0 Å². The first kappa shape index (κ1) is 27.3. The first-order valence-electron chi connectivity index (χ1n) is 14.8. The van der Waals surface area contributed by atoms with E-state index in [0.717, 1.165) is 38.5 Å². The van der Waals surface area contributed by atoms with E-state index in [-0.39, 0.29) is 39.2 Å². The predicted molar refractivity (Wildman–Crippen MR) is 162 cm³/mol.